The van der Waals surface area contributed by atoms with Crippen molar-refractivity contribution in [3.05, 3.63) is 89.4 Å². The van der Waals surface area contributed by atoms with Crippen LogP contribution in [0, 0.1) is 12.7 Å². The van der Waals surface area contributed by atoms with Crippen molar-refractivity contribution >= 4 is 11.6 Å². The van der Waals surface area contributed by atoms with Crippen molar-refractivity contribution in [1.29, 1.82) is 0 Å². The Morgan fingerprint density at radius 3 is 2.39 bits per heavy atom. The Labute approximate surface area is 226 Å². The normalized spacial score (nSPS) is 10.4. The number of fused-ring (bicyclic) bond motifs is 1. The molecular weight excluding hydrogens is 479 g/mol. The molecule has 0 aliphatic rings. The van der Waals surface area contributed by atoms with E-state index in [1.165, 1.54) is 24.7 Å². The van der Waals surface area contributed by atoms with Crippen LogP contribution in [0.15, 0.2) is 72.4 Å². The lowest BCUT2D eigenvalue weighted by Gasteiger charge is -2.14. The lowest BCUT2D eigenvalue weighted by molar-refractivity contribution is 0.214. The summed E-state index contributed by atoms with van der Waals surface area (Å²) in [6.45, 7) is 11.9. The highest BCUT2D eigenvalue weighted by molar-refractivity contribution is 5.63. The van der Waals surface area contributed by atoms with E-state index >= 15 is 0 Å². The number of halogens is 1. The van der Waals surface area contributed by atoms with Gasteiger partial charge < -0.3 is 10.5 Å². The van der Waals surface area contributed by atoms with Gasteiger partial charge in [0.1, 0.15) is 17.9 Å². The van der Waals surface area contributed by atoms with Crippen molar-refractivity contribution in [2.24, 2.45) is 5.73 Å². The van der Waals surface area contributed by atoms with Gasteiger partial charge in [-0.05, 0) is 64.4 Å². The second kappa shape index (κ2) is 17.6. The molecule has 2 aromatic carbocycles. The highest BCUT2D eigenvalue weighted by Gasteiger charge is 2.12. The minimum Gasteiger partial charge on any atom is -0.469 e. The molecule has 1 atom stereocenters. The number of aromatic nitrogens is 3. The fraction of sp³-hybridized carbons (Fsp3) is 0.355. The molecule has 1 unspecified atom stereocenters. The summed E-state index contributed by atoms with van der Waals surface area (Å²) in [6, 6.07) is 18.2. The van der Waals surface area contributed by atoms with Crippen LogP contribution in [0.3, 0.4) is 0 Å². The molecule has 0 fully saturated rings. The van der Waals surface area contributed by atoms with E-state index in [1.54, 1.807) is 22.8 Å². The molecule has 0 aliphatic heterocycles. The summed E-state index contributed by atoms with van der Waals surface area (Å²) < 4.78 is 21.1. The van der Waals surface area contributed by atoms with Gasteiger partial charge in [-0.3, -0.25) is 0 Å². The number of nitrogens with zero attached hydrogens (tertiary/aromatic N) is 3. The van der Waals surface area contributed by atoms with Gasteiger partial charge in [0.05, 0.1) is 11.9 Å². The highest BCUT2D eigenvalue weighted by atomic mass is 19.1. The molecule has 2 aromatic heterocycles. The predicted octanol–water partition coefficient (Wildman–Crippen LogP) is 7.54. The monoisotopic (exact) mass is 520 g/mol. The average Bonchev–Trinajstić information content (AvgIpc) is 3.38. The van der Waals surface area contributed by atoms with Crippen LogP contribution in [0.5, 0.6) is 5.88 Å². The van der Waals surface area contributed by atoms with E-state index < -0.39 is 0 Å². The first kappa shape index (κ1) is 32.2. The second-order valence-corrected chi connectivity index (χ2v) is 8.25. The first-order chi connectivity index (χ1) is 18.4. The average molecular weight is 521 g/mol. The molecule has 0 spiro atoms. The fourth-order valence-corrected chi connectivity index (χ4v) is 3.34. The number of benzene rings is 2. The molecule has 0 saturated carbocycles. The molecule has 2 heterocycles. The summed E-state index contributed by atoms with van der Waals surface area (Å²) in [5.41, 5.74) is 9.97. The van der Waals surface area contributed by atoms with E-state index in [0.29, 0.717) is 5.88 Å². The van der Waals surface area contributed by atoms with Crippen LogP contribution in [-0.4, -0.2) is 27.6 Å². The SMILES string of the molecule is CC.CCCCC(C)=C=O.CN.Cc1ccc(-c2cnc3ccc(OC(C)c4cccc(F)c4)nn23)cc1. The van der Waals surface area contributed by atoms with Crippen molar-refractivity contribution in [2.45, 2.75) is 66.9 Å². The minimum absolute atomic E-state index is 0.280. The molecule has 7 heteroatoms. The van der Waals surface area contributed by atoms with Crippen LogP contribution in [0.1, 0.15) is 71.1 Å². The van der Waals surface area contributed by atoms with E-state index in [-0.39, 0.29) is 11.9 Å². The molecule has 6 nitrogen and oxygen atoms in total. The summed E-state index contributed by atoms with van der Waals surface area (Å²) in [7, 11) is 1.50. The molecule has 4 aromatic rings. The highest BCUT2D eigenvalue weighted by Crippen LogP contribution is 2.24. The number of imidazole rings is 1. The third kappa shape index (κ3) is 9.92. The van der Waals surface area contributed by atoms with Gasteiger partial charge in [0.25, 0.3) is 0 Å². The zero-order valence-corrected chi connectivity index (χ0v) is 23.7. The summed E-state index contributed by atoms with van der Waals surface area (Å²) in [4.78, 5) is 14.3. The van der Waals surface area contributed by atoms with Gasteiger partial charge in [-0.25, -0.2) is 18.7 Å². The van der Waals surface area contributed by atoms with Crippen LogP contribution in [0.4, 0.5) is 4.39 Å². The maximum atomic E-state index is 13.4. The van der Waals surface area contributed by atoms with E-state index in [0.717, 1.165) is 47.3 Å². The molecule has 204 valence electrons. The van der Waals surface area contributed by atoms with Gasteiger partial charge in [0.15, 0.2) is 5.65 Å². The third-order valence-corrected chi connectivity index (χ3v) is 5.38. The Morgan fingerprint density at radius 1 is 1.11 bits per heavy atom. The van der Waals surface area contributed by atoms with E-state index in [1.807, 2.05) is 57.9 Å². The van der Waals surface area contributed by atoms with Crippen molar-refractivity contribution in [3.8, 4) is 17.1 Å². The van der Waals surface area contributed by atoms with Crippen LogP contribution >= 0.6 is 0 Å². The molecule has 0 bridgehead atoms. The molecule has 2 N–H and O–H groups in total. The van der Waals surface area contributed by atoms with Crippen molar-refractivity contribution < 1.29 is 13.9 Å². The predicted molar refractivity (Wildman–Crippen MR) is 154 cm³/mol. The first-order valence-corrected chi connectivity index (χ1v) is 13.0. The third-order valence-electron chi connectivity index (χ3n) is 5.38. The van der Waals surface area contributed by atoms with Crippen LogP contribution in [0.25, 0.3) is 16.9 Å². The Balaban J connectivity index is 0.000000514. The van der Waals surface area contributed by atoms with E-state index in [4.69, 9.17) is 4.74 Å². The largest absolute Gasteiger partial charge is 0.469 e. The van der Waals surface area contributed by atoms with E-state index in [2.05, 4.69) is 41.8 Å². The quantitative estimate of drug-likeness (QED) is 0.255. The van der Waals surface area contributed by atoms with Crippen LogP contribution < -0.4 is 10.5 Å². The van der Waals surface area contributed by atoms with Crippen molar-refractivity contribution in [3.63, 3.8) is 0 Å². The van der Waals surface area contributed by atoms with Crippen molar-refractivity contribution in [1.82, 2.24) is 14.6 Å². The number of hydrogen-bond acceptors (Lipinski definition) is 5. The van der Waals surface area contributed by atoms with Gasteiger partial charge in [-0.1, -0.05) is 69.2 Å². The number of allylic oxidation sites excluding steroid dienone is 1. The second-order valence-electron chi connectivity index (χ2n) is 8.25. The Hall–Kier alpha value is -3.80. The lowest BCUT2D eigenvalue weighted by atomic mass is 10.1. The number of carbonyl (C=O) groups excluding carboxylic acids is 1. The van der Waals surface area contributed by atoms with Gasteiger partial charge in [0, 0.05) is 17.2 Å². The Kier molecular flexibility index (Phi) is 14.9. The van der Waals surface area contributed by atoms with Gasteiger partial charge in [0.2, 0.25) is 5.88 Å². The Morgan fingerprint density at radius 2 is 1.79 bits per heavy atom. The summed E-state index contributed by atoms with van der Waals surface area (Å²) >= 11 is 0. The Bertz CT molecular complexity index is 1280. The minimum atomic E-state index is -0.318. The number of ether oxygens (including phenoxy) is 1. The molecule has 4 rings (SSSR count). The number of hydrogen-bond donors (Lipinski definition) is 1. The number of aryl methyl sites for hydroxylation is 1. The maximum Gasteiger partial charge on any atom is 0.232 e. The zero-order valence-electron chi connectivity index (χ0n) is 23.7. The van der Waals surface area contributed by atoms with Gasteiger partial charge in [-0.15, -0.1) is 5.10 Å². The zero-order chi connectivity index (χ0) is 28.5. The smallest absolute Gasteiger partial charge is 0.232 e. The van der Waals surface area contributed by atoms with E-state index in [9.17, 15) is 9.18 Å². The number of rotatable bonds is 7. The van der Waals surface area contributed by atoms with Crippen LogP contribution in [-0.2, 0) is 4.79 Å². The molecule has 0 amide bonds. The first-order valence-electron chi connectivity index (χ1n) is 13.0. The summed E-state index contributed by atoms with van der Waals surface area (Å²) in [5, 5.41) is 4.56. The van der Waals surface area contributed by atoms with Gasteiger partial charge in [-0.2, -0.15) is 0 Å². The molecule has 38 heavy (non-hydrogen) atoms. The molecule has 0 aliphatic carbocycles. The summed E-state index contributed by atoms with van der Waals surface area (Å²) in [5.74, 6) is 2.05. The van der Waals surface area contributed by atoms with Crippen LogP contribution in [0.2, 0.25) is 0 Å². The van der Waals surface area contributed by atoms with Crippen molar-refractivity contribution in [2.75, 3.05) is 7.05 Å². The molecule has 0 radical (unpaired) electrons. The number of unbranched alkanes of at least 4 members (excludes halogenated alkanes) is 1. The van der Waals surface area contributed by atoms with Gasteiger partial charge >= 0.3 is 0 Å². The lowest BCUT2D eigenvalue weighted by Crippen LogP contribution is -2.06. The fourth-order valence-electron chi connectivity index (χ4n) is 3.34. The molecular formula is C31H41FN4O2. The standard InChI is InChI=1S/C21H18FN3O.C7H12O.C2H6.CH5N/c1-14-6-8-16(9-7-14)19-13-23-20-10-11-21(24-25(19)20)26-15(2)17-4-3-5-18(22)12-17;1-3-4-5-7(2)6-8;2*1-2/h3-13,15H,1-2H3;3-5H2,1-2H3;1-2H3;2H2,1H3. The maximum absolute atomic E-state index is 13.4. The number of nitrogens with two attached hydrogens (primary N) is 1. The summed E-state index contributed by atoms with van der Waals surface area (Å²) in [6.07, 6.45) is 4.66. The molecule has 0 saturated heterocycles. The topological polar surface area (TPSA) is 82.5 Å².